The van der Waals surface area contributed by atoms with Crippen molar-refractivity contribution in [2.24, 2.45) is 5.92 Å². The molecule has 1 aliphatic heterocycles. The highest BCUT2D eigenvalue weighted by Crippen LogP contribution is 2.19. The molecule has 0 aromatic heterocycles. The van der Waals surface area contributed by atoms with Gasteiger partial charge in [0.25, 0.3) is 0 Å². The highest BCUT2D eigenvalue weighted by atomic mass is 16.5. The average Bonchev–Trinajstić information content (AvgIpc) is 2.49. The monoisotopic (exact) mass is 286 g/mol. The zero-order valence-corrected chi connectivity index (χ0v) is 13.9. The summed E-state index contributed by atoms with van der Waals surface area (Å²) >= 11 is 0. The van der Waals surface area contributed by atoms with E-state index in [1.165, 1.54) is 19.4 Å². The molecule has 0 aromatic rings. The molecule has 1 saturated heterocycles. The lowest BCUT2D eigenvalue weighted by Gasteiger charge is -2.43. The summed E-state index contributed by atoms with van der Waals surface area (Å²) in [6.07, 6.45) is 3.59. The van der Waals surface area contributed by atoms with Crippen molar-refractivity contribution in [2.45, 2.75) is 52.1 Å². The average molecular weight is 286 g/mol. The number of rotatable bonds is 10. The number of hydrogen-bond donors (Lipinski definition) is 1. The zero-order valence-electron chi connectivity index (χ0n) is 13.9. The van der Waals surface area contributed by atoms with Gasteiger partial charge < -0.3 is 14.8 Å². The van der Waals surface area contributed by atoms with Gasteiger partial charge in [-0.15, -0.1) is 0 Å². The Labute approximate surface area is 125 Å². The van der Waals surface area contributed by atoms with Gasteiger partial charge in [0.15, 0.2) is 0 Å². The van der Waals surface area contributed by atoms with Crippen molar-refractivity contribution >= 4 is 0 Å². The summed E-state index contributed by atoms with van der Waals surface area (Å²) in [6, 6.07) is 1.34. The Hall–Kier alpha value is -0.160. The standard InChI is InChI=1S/C16H34N2O2/c1-5-14(3)16-12-17-15(6-2)13-18(16)8-7-9-20-11-10-19-4/h14-17H,5-13H2,1-4H3. The van der Waals surface area contributed by atoms with Crippen LogP contribution in [0.25, 0.3) is 0 Å². The number of hydrogen-bond acceptors (Lipinski definition) is 4. The molecule has 0 radical (unpaired) electrons. The molecule has 0 spiro atoms. The highest BCUT2D eigenvalue weighted by Gasteiger charge is 2.29. The normalized spacial score (nSPS) is 25.8. The molecule has 1 heterocycles. The Bertz CT molecular complexity index is 239. The van der Waals surface area contributed by atoms with E-state index in [0.717, 1.165) is 32.0 Å². The second kappa shape index (κ2) is 10.6. The van der Waals surface area contributed by atoms with Crippen LogP contribution in [0.4, 0.5) is 0 Å². The van der Waals surface area contributed by atoms with Crippen LogP contribution in [0.5, 0.6) is 0 Å². The Morgan fingerprint density at radius 1 is 1.25 bits per heavy atom. The van der Waals surface area contributed by atoms with E-state index in [1.807, 2.05) is 0 Å². The maximum absolute atomic E-state index is 5.57. The van der Waals surface area contributed by atoms with E-state index in [1.54, 1.807) is 7.11 Å². The lowest BCUT2D eigenvalue weighted by Crippen LogP contribution is -2.58. The molecule has 1 rings (SSSR count). The fourth-order valence-electron chi connectivity index (χ4n) is 2.88. The van der Waals surface area contributed by atoms with Crippen LogP contribution >= 0.6 is 0 Å². The minimum Gasteiger partial charge on any atom is -0.382 e. The molecule has 0 bridgehead atoms. The zero-order chi connectivity index (χ0) is 14.8. The summed E-state index contributed by atoms with van der Waals surface area (Å²) < 4.78 is 10.6. The summed E-state index contributed by atoms with van der Waals surface area (Å²) in [4.78, 5) is 2.68. The summed E-state index contributed by atoms with van der Waals surface area (Å²) in [5.41, 5.74) is 0. The fourth-order valence-corrected chi connectivity index (χ4v) is 2.88. The largest absolute Gasteiger partial charge is 0.382 e. The first-order valence-electron chi connectivity index (χ1n) is 8.27. The van der Waals surface area contributed by atoms with Gasteiger partial charge in [-0.25, -0.2) is 0 Å². The van der Waals surface area contributed by atoms with Crippen LogP contribution in [-0.2, 0) is 9.47 Å². The second-order valence-corrected chi connectivity index (χ2v) is 5.92. The van der Waals surface area contributed by atoms with Gasteiger partial charge in [-0.3, -0.25) is 4.90 Å². The predicted octanol–water partition coefficient (Wildman–Crippen LogP) is 2.14. The summed E-state index contributed by atoms with van der Waals surface area (Å²) in [7, 11) is 1.71. The third kappa shape index (κ3) is 6.08. The van der Waals surface area contributed by atoms with E-state index < -0.39 is 0 Å². The fraction of sp³-hybridized carbons (Fsp3) is 1.00. The second-order valence-electron chi connectivity index (χ2n) is 5.92. The van der Waals surface area contributed by atoms with Crippen LogP contribution in [0.3, 0.4) is 0 Å². The number of nitrogens with one attached hydrogen (secondary N) is 1. The van der Waals surface area contributed by atoms with Crippen LogP contribution < -0.4 is 5.32 Å². The van der Waals surface area contributed by atoms with Crippen molar-refractivity contribution in [1.82, 2.24) is 10.2 Å². The Morgan fingerprint density at radius 3 is 2.70 bits per heavy atom. The van der Waals surface area contributed by atoms with Gasteiger partial charge in [-0.05, 0) is 18.8 Å². The van der Waals surface area contributed by atoms with Gasteiger partial charge >= 0.3 is 0 Å². The third-order valence-corrected chi connectivity index (χ3v) is 4.50. The van der Waals surface area contributed by atoms with E-state index in [0.29, 0.717) is 25.3 Å². The Morgan fingerprint density at radius 2 is 2.05 bits per heavy atom. The van der Waals surface area contributed by atoms with E-state index >= 15 is 0 Å². The van der Waals surface area contributed by atoms with Crippen LogP contribution in [0.15, 0.2) is 0 Å². The smallest absolute Gasteiger partial charge is 0.0700 e. The van der Waals surface area contributed by atoms with Crippen molar-refractivity contribution < 1.29 is 9.47 Å². The van der Waals surface area contributed by atoms with Crippen molar-refractivity contribution in [3.8, 4) is 0 Å². The number of ether oxygens (including phenoxy) is 2. The van der Waals surface area contributed by atoms with Crippen molar-refractivity contribution in [3.05, 3.63) is 0 Å². The maximum atomic E-state index is 5.57. The molecule has 0 aliphatic carbocycles. The summed E-state index contributed by atoms with van der Waals surface area (Å²) in [5, 5.41) is 3.69. The first kappa shape index (κ1) is 17.9. The van der Waals surface area contributed by atoms with Crippen molar-refractivity contribution in [2.75, 3.05) is 46.6 Å². The van der Waals surface area contributed by atoms with Gasteiger partial charge in [0.05, 0.1) is 13.2 Å². The van der Waals surface area contributed by atoms with Gasteiger partial charge in [-0.1, -0.05) is 27.2 Å². The third-order valence-electron chi connectivity index (χ3n) is 4.50. The minimum absolute atomic E-state index is 0.657. The molecular formula is C16H34N2O2. The Kier molecular flexibility index (Phi) is 9.44. The summed E-state index contributed by atoms with van der Waals surface area (Å²) in [6.45, 7) is 12.7. The molecule has 1 aliphatic rings. The van der Waals surface area contributed by atoms with E-state index in [2.05, 4.69) is 31.0 Å². The molecule has 20 heavy (non-hydrogen) atoms. The molecule has 0 amide bonds. The molecular weight excluding hydrogens is 252 g/mol. The molecule has 120 valence electrons. The Balaban J connectivity index is 2.32. The van der Waals surface area contributed by atoms with Crippen LogP contribution in [0, 0.1) is 5.92 Å². The van der Waals surface area contributed by atoms with E-state index in [-0.39, 0.29) is 0 Å². The molecule has 4 nitrogen and oxygen atoms in total. The molecule has 0 aromatic carbocycles. The van der Waals surface area contributed by atoms with Gasteiger partial charge in [0.2, 0.25) is 0 Å². The quantitative estimate of drug-likeness (QED) is 0.624. The minimum atomic E-state index is 0.657. The molecule has 3 atom stereocenters. The molecule has 1 fully saturated rings. The van der Waals surface area contributed by atoms with E-state index in [9.17, 15) is 0 Å². The van der Waals surface area contributed by atoms with Gasteiger partial charge in [0.1, 0.15) is 0 Å². The van der Waals surface area contributed by atoms with Gasteiger partial charge in [-0.2, -0.15) is 0 Å². The topological polar surface area (TPSA) is 33.7 Å². The lowest BCUT2D eigenvalue weighted by molar-refractivity contribution is 0.0500. The predicted molar refractivity (Wildman–Crippen MR) is 84.2 cm³/mol. The van der Waals surface area contributed by atoms with Crippen molar-refractivity contribution in [3.63, 3.8) is 0 Å². The van der Waals surface area contributed by atoms with Crippen LogP contribution in [0.1, 0.15) is 40.0 Å². The molecule has 0 saturated carbocycles. The first-order chi connectivity index (χ1) is 9.72. The number of nitrogens with zero attached hydrogens (tertiary/aromatic N) is 1. The molecule has 3 unspecified atom stereocenters. The maximum Gasteiger partial charge on any atom is 0.0700 e. The van der Waals surface area contributed by atoms with E-state index in [4.69, 9.17) is 9.47 Å². The van der Waals surface area contributed by atoms with Gasteiger partial charge in [0, 0.05) is 45.4 Å². The van der Waals surface area contributed by atoms with Crippen LogP contribution in [0.2, 0.25) is 0 Å². The number of piperazine rings is 1. The lowest BCUT2D eigenvalue weighted by atomic mass is 9.94. The SMILES string of the molecule is CCC1CN(CCCOCCOC)C(C(C)CC)CN1. The first-order valence-corrected chi connectivity index (χ1v) is 8.27. The van der Waals surface area contributed by atoms with Crippen LogP contribution in [-0.4, -0.2) is 63.5 Å². The highest BCUT2D eigenvalue weighted by molar-refractivity contribution is 4.87. The summed E-state index contributed by atoms with van der Waals surface area (Å²) in [5.74, 6) is 0.759. The van der Waals surface area contributed by atoms with Crippen molar-refractivity contribution in [1.29, 1.82) is 0 Å². The molecule has 1 N–H and O–H groups in total. The number of methoxy groups -OCH3 is 1. The molecule has 4 heteroatoms.